The lowest BCUT2D eigenvalue weighted by Gasteiger charge is -2.24. The molecule has 0 aromatic heterocycles. The molecule has 1 unspecified atom stereocenters. The Morgan fingerprint density at radius 1 is 0.846 bits per heavy atom. The maximum Gasteiger partial charge on any atom is 0.472 e. The van der Waals surface area contributed by atoms with Gasteiger partial charge < -0.3 is 18.9 Å². The molecule has 0 spiro atoms. The summed E-state index contributed by atoms with van der Waals surface area (Å²) >= 11 is 0. The van der Waals surface area contributed by atoms with E-state index in [0.717, 1.165) is 70.6 Å². The largest absolute Gasteiger partial charge is 0.472 e. The molecule has 39 heavy (non-hydrogen) atoms. The van der Waals surface area contributed by atoms with E-state index in [1.165, 1.54) is 0 Å². The van der Waals surface area contributed by atoms with Crippen molar-refractivity contribution < 1.29 is 42.1 Å². The van der Waals surface area contributed by atoms with Crippen molar-refractivity contribution in [2.75, 3.05) is 47.5 Å². The Morgan fingerprint density at radius 3 is 2.00 bits per heavy atom. The third-order valence-corrected chi connectivity index (χ3v) is 6.93. The average Bonchev–Trinajstić information content (AvgIpc) is 2.85. The van der Waals surface area contributed by atoms with Crippen molar-refractivity contribution in [3.63, 3.8) is 0 Å². The minimum atomic E-state index is -4.35. The first-order valence-electron chi connectivity index (χ1n) is 14.5. The molecule has 0 aliphatic heterocycles. The van der Waals surface area contributed by atoms with Crippen molar-refractivity contribution in [3.05, 3.63) is 24.8 Å². The maximum atomic E-state index is 12.4. The van der Waals surface area contributed by atoms with E-state index < -0.39 is 32.5 Å². The zero-order chi connectivity index (χ0) is 29.4. The van der Waals surface area contributed by atoms with Crippen LogP contribution >= 0.6 is 7.82 Å². The van der Waals surface area contributed by atoms with E-state index in [-0.39, 0.29) is 26.1 Å². The summed E-state index contributed by atoms with van der Waals surface area (Å²) in [6, 6.07) is 0. The maximum absolute atomic E-state index is 12.4. The van der Waals surface area contributed by atoms with E-state index in [1.54, 1.807) is 0 Å². The van der Waals surface area contributed by atoms with E-state index in [9.17, 15) is 19.0 Å². The van der Waals surface area contributed by atoms with Gasteiger partial charge in [-0.25, -0.2) is 4.57 Å². The number of rotatable bonds is 26. The Kier molecular flexibility index (Phi) is 22.3. The molecular weight excluding hydrogens is 521 g/mol. The Hall–Kier alpha value is -1.51. The Bertz CT molecular complexity index is 735. The van der Waals surface area contributed by atoms with Gasteiger partial charge >= 0.3 is 19.8 Å². The number of ether oxygens (including phenoxy) is 2. The van der Waals surface area contributed by atoms with Crippen molar-refractivity contribution >= 4 is 19.8 Å². The molecule has 0 bridgehead atoms. The minimum absolute atomic E-state index is 0.0266. The van der Waals surface area contributed by atoms with E-state index in [4.69, 9.17) is 18.5 Å². The van der Waals surface area contributed by atoms with E-state index in [1.807, 2.05) is 34.1 Å². The number of unbranched alkanes of at least 4 members (excludes halogenated alkanes) is 10. The van der Waals surface area contributed by atoms with Crippen LogP contribution in [0.2, 0.25) is 0 Å². The predicted molar refractivity (Wildman–Crippen MR) is 155 cm³/mol. The van der Waals surface area contributed by atoms with Crippen LogP contribution < -0.4 is 0 Å². The van der Waals surface area contributed by atoms with Crippen molar-refractivity contribution in [1.82, 2.24) is 0 Å². The molecule has 0 amide bonds. The molecule has 0 radical (unpaired) electrons. The molecular formula is C29H55NO8P+. The number of phosphoric acid groups is 1. The number of allylic oxidation sites excluding steroid dienone is 3. The highest BCUT2D eigenvalue weighted by Gasteiger charge is 2.27. The number of carbonyl (C=O) groups is 2. The molecule has 0 aliphatic rings. The number of hydrogen-bond donors (Lipinski definition) is 1. The highest BCUT2D eigenvalue weighted by atomic mass is 31.2. The number of hydrogen-bond acceptors (Lipinski definition) is 7. The van der Waals surface area contributed by atoms with Crippen LogP contribution in [0.1, 0.15) is 96.8 Å². The van der Waals surface area contributed by atoms with Gasteiger partial charge in [0.25, 0.3) is 0 Å². The average molecular weight is 577 g/mol. The van der Waals surface area contributed by atoms with Gasteiger partial charge in [0.05, 0.1) is 27.7 Å². The summed E-state index contributed by atoms with van der Waals surface area (Å²) in [7, 11) is 1.45. The van der Waals surface area contributed by atoms with Crippen LogP contribution in [0, 0.1) is 0 Å². The second kappa shape index (κ2) is 23.2. The first kappa shape index (κ1) is 37.5. The first-order valence-corrected chi connectivity index (χ1v) is 16.0. The number of esters is 2. The molecule has 0 saturated heterocycles. The molecule has 0 aliphatic carbocycles. The zero-order valence-electron chi connectivity index (χ0n) is 24.9. The van der Waals surface area contributed by atoms with Crippen LogP contribution in [0.4, 0.5) is 0 Å². The number of carbonyl (C=O) groups excluding carboxylic acids is 2. The van der Waals surface area contributed by atoms with Crippen molar-refractivity contribution in [2.24, 2.45) is 0 Å². The van der Waals surface area contributed by atoms with Gasteiger partial charge in [-0.3, -0.25) is 18.6 Å². The molecule has 2 atom stereocenters. The minimum Gasteiger partial charge on any atom is -0.462 e. The Morgan fingerprint density at radius 2 is 1.41 bits per heavy atom. The van der Waals surface area contributed by atoms with Crippen LogP contribution in [0.5, 0.6) is 0 Å². The predicted octanol–water partition coefficient (Wildman–Crippen LogP) is 6.50. The normalized spacial score (nSPS) is 14.2. The quantitative estimate of drug-likeness (QED) is 0.0408. The fourth-order valence-electron chi connectivity index (χ4n) is 3.58. The second-order valence-corrected chi connectivity index (χ2v) is 12.3. The third kappa shape index (κ3) is 26.5. The SMILES string of the molecule is C=CCCCCCCCC(=O)O[C@H](COC(=O)CCCCCCC/C=C/C)COP(=O)(O)OCC[N+](C)(C)C. The molecule has 0 aromatic carbocycles. The summed E-state index contributed by atoms with van der Waals surface area (Å²) in [5, 5.41) is 0. The fourth-order valence-corrected chi connectivity index (χ4v) is 4.32. The lowest BCUT2D eigenvalue weighted by molar-refractivity contribution is -0.870. The molecule has 228 valence electrons. The topological polar surface area (TPSA) is 108 Å². The third-order valence-electron chi connectivity index (χ3n) is 5.94. The van der Waals surface area contributed by atoms with Gasteiger partial charge in [-0.2, -0.15) is 0 Å². The van der Waals surface area contributed by atoms with Gasteiger partial charge in [0.1, 0.15) is 19.8 Å². The van der Waals surface area contributed by atoms with Crippen molar-refractivity contribution in [2.45, 2.75) is 103 Å². The monoisotopic (exact) mass is 576 g/mol. The molecule has 0 rings (SSSR count). The van der Waals surface area contributed by atoms with Crippen LogP contribution in [0.15, 0.2) is 24.8 Å². The van der Waals surface area contributed by atoms with Gasteiger partial charge in [0.2, 0.25) is 0 Å². The summed E-state index contributed by atoms with van der Waals surface area (Å²) in [4.78, 5) is 34.6. The highest BCUT2D eigenvalue weighted by molar-refractivity contribution is 7.47. The first-order chi connectivity index (χ1) is 18.5. The van der Waals surface area contributed by atoms with E-state index in [2.05, 4.69) is 18.7 Å². The summed E-state index contributed by atoms with van der Waals surface area (Å²) < 4.78 is 33.7. The number of quaternary nitrogens is 1. The smallest absolute Gasteiger partial charge is 0.462 e. The zero-order valence-corrected chi connectivity index (χ0v) is 25.8. The van der Waals surface area contributed by atoms with Gasteiger partial charge in [0.15, 0.2) is 6.10 Å². The van der Waals surface area contributed by atoms with Crippen LogP contribution in [-0.4, -0.2) is 74.9 Å². The van der Waals surface area contributed by atoms with Gasteiger partial charge in [0, 0.05) is 12.8 Å². The summed E-state index contributed by atoms with van der Waals surface area (Å²) in [5.74, 6) is -0.849. The Balaban J connectivity index is 4.58. The van der Waals surface area contributed by atoms with Crippen LogP contribution in [0.25, 0.3) is 0 Å². The van der Waals surface area contributed by atoms with Gasteiger partial charge in [-0.05, 0) is 45.4 Å². The molecule has 0 saturated carbocycles. The number of nitrogens with zero attached hydrogens (tertiary/aromatic N) is 1. The van der Waals surface area contributed by atoms with Crippen molar-refractivity contribution in [1.29, 1.82) is 0 Å². The second-order valence-electron chi connectivity index (χ2n) is 10.9. The summed E-state index contributed by atoms with van der Waals surface area (Å²) in [5.41, 5.74) is 0. The highest BCUT2D eigenvalue weighted by Crippen LogP contribution is 2.43. The number of likely N-dealkylation sites (N-methyl/N-ethyl adjacent to an activating group) is 1. The number of phosphoric ester groups is 1. The van der Waals surface area contributed by atoms with Crippen LogP contribution in [-0.2, 0) is 32.7 Å². The van der Waals surface area contributed by atoms with Crippen molar-refractivity contribution in [3.8, 4) is 0 Å². The lowest BCUT2D eigenvalue weighted by atomic mass is 10.1. The Labute approximate surface area is 237 Å². The summed E-state index contributed by atoms with van der Waals surface area (Å²) in [6.07, 6.45) is 17.5. The molecule has 10 heteroatoms. The molecule has 0 heterocycles. The lowest BCUT2D eigenvalue weighted by Crippen LogP contribution is -2.37. The van der Waals surface area contributed by atoms with Gasteiger partial charge in [-0.1, -0.05) is 56.8 Å². The fraction of sp³-hybridized carbons (Fsp3) is 0.793. The molecule has 9 nitrogen and oxygen atoms in total. The van der Waals surface area contributed by atoms with E-state index in [0.29, 0.717) is 17.4 Å². The standard InChI is InChI=1S/C29H54NO8P/c1-6-8-10-12-14-16-17-19-21-28(31)35-25-27(26-37-39(33,34)36-24-23-30(3,4)5)38-29(32)22-20-18-15-13-11-9-7-2/h6-8,27H,2,9-26H2,1,3-5H3/p+1/b8-6+/t27-/m1/s1. The molecule has 1 N–H and O–H groups in total. The van der Waals surface area contributed by atoms with Crippen LogP contribution in [0.3, 0.4) is 0 Å². The molecule has 0 fully saturated rings. The van der Waals surface area contributed by atoms with Gasteiger partial charge in [-0.15, -0.1) is 6.58 Å². The summed E-state index contributed by atoms with van der Waals surface area (Å²) in [6.45, 7) is 5.61. The van der Waals surface area contributed by atoms with E-state index >= 15 is 0 Å². The molecule has 0 aromatic rings.